The van der Waals surface area contributed by atoms with Crippen LogP contribution in [-0.4, -0.2) is 16.1 Å². The van der Waals surface area contributed by atoms with Gasteiger partial charge in [-0.05, 0) is 24.5 Å². The largest absolute Gasteiger partial charge is 0.297 e. The molecule has 0 atom stereocenters. The van der Waals surface area contributed by atoms with Crippen molar-refractivity contribution in [1.29, 1.82) is 0 Å². The van der Waals surface area contributed by atoms with Crippen molar-refractivity contribution in [2.45, 2.75) is 27.2 Å². The zero-order valence-corrected chi connectivity index (χ0v) is 13.3. The standard InChI is InChI=1S/C16H19N3OS/c1-11(2)9-14-18-19-16(21-14)17-15(20)12(3)10-13-7-5-4-6-8-13/h4-8,10-11H,9H2,1-3H3,(H,17,19,20). The summed E-state index contributed by atoms with van der Waals surface area (Å²) in [5.41, 5.74) is 1.64. The summed E-state index contributed by atoms with van der Waals surface area (Å²) in [5.74, 6) is 0.382. The molecule has 0 fully saturated rings. The van der Waals surface area contributed by atoms with E-state index in [2.05, 4.69) is 29.4 Å². The van der Waals surface area contributed by atoms with Gasteiger partial charge < -0.3 is 0 Å². The molecular formula is C16H19N3OS. The molecule has 0 aliphatic carbocycles. The van der Waals surface area contributed by atoms with Gasteiger partial charge in [0.2, 0.25) is 5.13 Å². The van der Waals surface area contributed by atoms with Crippen molar-refractivity contribution in [3.8, 4) is 0 Å². The number of aromatic nitrogens is 2. The maximum Gasteiger partial charge on any atom is 0.253 e. The zero-order chi connectivity index (χ0) is 15.2. The third-order valence-electron chi connectivity index (χ3n) is 2.81. The number of rotatable bonds is 5. The van der Waals surface area contributed by atoms with E-state index in [0.29, 0.717) is 16.6 Å². The first-order valence-corrected chi connectivity index (χ1v) is 7.73. The molecule has 0 unspecified atom stereocenters. The van der Waals surface area contributed by atoms with E-state index >= 15 is 0 Å². The van der Waals surface area contributed by atoms with Crippen LogP contribution in [0.5, 0.6) is 0 Å². The van der Waals surface area contributed by atoms with E-state index in [0.717, 1.165) is 17.0 Å². The summed E-state index contributed by atoms with van der Waals surface area (Å²) < 4.78 is 0. The van der Waals surface area contributed by atoms with Gasteiger partial charge in [-0.25, -0.2) is 0 Å². The highest BCUT2D eigenvalue weighted by Gasteiger charge is 2.10. The molecule has 0 saturated carbocycles. The SMILES string of the molecule is CC(=Cc1ccccc1)C(=O)Nc1nnc(CC(C)C)s1. The smallest absolute Gasteiger partial charge is 0.253 e. The minimum absolute atomic E-state index is 0.147. The molecule has 0 bridgehead atoms. The Labute approximate surface area is 128 Å². The summed E-state index contributed by atoms with van der Waals surface area (Å²) in [7, 11) is 0. The molecule has 110 valence electrons. The van der Waals surface area contributed by atoms with Gasteiger partial charge in [0.25, 0.3) is 5.91 Å². The van der Waals surface area contributed by atoms with E-state index in [1.165, 1.54) is 11.3 Å². The molecule has 1 N–H and O–H groups in total. The normalized spacial score (nSPS) is 11.7. The van der Waals surface area contributed by atoms with E-state index in [4.69, 9.17) is 0 Å². The Morgan fingerprint density at radius 1 is 1.29 bits per heavy atom. The predicted octanol–water partition coefficient (Wildman–Crippen LogP) is 3.78. The topological polar surface area (TPSA) is 54.9 Å². The number of nitrogens with zero attached hydrogens (tertiary/aromatic N) is 2. The molecule has 1 amide bonds. The minimum atomic E-state index is -0.147. The summed E-state index contributed by atoms with van der Waals surface area (Å²) in [4.78, 5) is 12.1. The van der Waals surface area contributed by atoms with Gasteiger partial charge in [-0.15, -0.1) is 10.2 Å². The van der Waals surface area contributed by atoms with Crippen LogP contribution < -0.4 is 5.32 Å². The van der Waals surface area contributed by atoms with E-state index in [1.54, 1.807) is 6.92 Å². The Kier molecular flexibility index (Phi) is 5.22. The Morgan fingerprint density at radius 3 is 2.67 bits per heavy atom. The molecule has 0 saturated heterocycles. The number of hydrogen-bond donors (Lipinski definition) is 1. The van der Waals surface area contributed by atoms with Crippen LogP contribution in [0, 0.1) is 5.92 Å². The summed E-state index contributed by atoms with van der Waals surface area (Å²) in [6.07, 6.45) is 2.73. The van der Waals surface area contributed by atoms with Gasteiger partial charge in [0.15, 0.2) is 0 Å². The van der Waals surface area contributed by atoms with Crippen LogP contribution in [0.4, 0.5) is 5.13 Å². The lowest BCUT2D eigenvalue weighted by atomic mass is 10.1. The van der Waals surface area contributed by atoms with E-state index in [-0.39, 0.29) is 5.91 Å². The number of hydrogen-bond acceptors (Lipinski definition) is 4. The molecule has 0 aliphatic rings. The second-order valence-electron chi connectivity index (χ2n) is 5.29. The molecule has 5 heteroatoms. The quantitative estimate of drug-likeness (QED) is 0.855. The lowest BCUT2D eigenvalue weighted by Crippen LogP contribution is -2.12. The molecule has 0 spiro atoms. The second kappa shape index (κ2) is 7.13. The number of benzene rings is 1. The summed E-state index contributed by atoms with van der Waals surface area (Å²) >= 11 is 1.43. The lowest BCUT2D eigenvalue weighted by Gasteiger charge is -2.01. The molecule has 21 heavy (non-hydrogen) atoms. The van der Waals surface area contributed by atoms with Crippen molar-refractivity contribution in [3.63, 3.8) is 0 Å². The molecule has 2 rings (SSSR count). The summed E-state index contributed by atoms with van der Waals surface area (Å²) in [5, 5.41) is 12.4. The fourth-order valence-electron chi connectivity index (χ4n) is 1.80. The number of nitrogens with one attached hydrogen (secondary N) is 1. The first-order chi connectivity index (χ1) is 10.0. The van der Waals surface area contributed by atoms with Crippen LogP contribution in [0.2, 0.25) is 0 Å². The van der Waals surface area contributed by atoms with Gasteiger partial charge in [-0.1, -0.05) is 55.5 Å². The Bertz CT molecular complexity index is 632. The molecule has 1 aromatic heterocycles. The lowest BCUT2D eigenvalue weighted by molar-refractivity contribution is -0.112. The fraction of sp³-hybridized carbons (Fsp3) is 0.312. The van der Waals surface area contributed by atoms with Gasteiger partial charge in [-0.3, -0.25) is 10.1 Å². The number of anilines is 1. The molecule has 1 heterocycles. The number of carbonyl (C=O) groups excluding carboxylic acids is 1. The monoisotopic (exact) mass is 301 g/mol. The summed E-state index contributed by atoms with van der Waals surface area (Å²) in [6, 6.07) is 9.76. The first-order valence-electron chi connectivity index (χ1n) is 6.91. The van der Waals surface area contributed by atoms with E-state index in [9.17, 15) is 4.79 Å². The molecule has 1 aromatic carbocycles. The summed E-state index contributed by atoms with van der Waals surface area (Å²) in [6.45, 7) is 6.05. The van der Waals surface area contributed by atoms with Crippen LogP contribution >= 0.6 is 11.3 Å². The van der Waals surface area contributed by atoms with Crippen molar-refractivity contribution >= 4 is 28.5 Å². The van der Waals surface area contributed by atoms with Crippen molar-refractivity contribution in [3.05, 3.63) is 46.5 Å². The maximum atomic E-state index is 12.1. The van der Waals surface area contributed by atoms with Crippen molar-refractivity contribution in [2.24, 2.45) is 5.92 Å². The first kappa shape index (κ1) is 15.4. The molecule has 0 radical (unpaired) electrons. The fourth-order valence-corrected chi connectivity index (χ4v) is 2.74. The van der Waals surface area contributed by atoms with Crippen LogP contribution in [0.15, 0.2) is 35.9 Å². The second-order valence-corrected chi connectivity index (χ2v) is 6.35. The van der Waals surface area contributed by atoms with Crippen LogP contribution in [-0.2, 0) is 11.2 Å². The predicted molar refractivity (Wildman–Crippen MR) is 87.2 cm³/mol. The highest BCUT2D eigenvalue weighted by molar-refractivity contribution is 7.15. The van der Waals surface area contributed by atoms with E-state index < -0.39 is 0 Å². The number of amides is 1. The highest BCUT2D eigenvalue weighted by Crippen LogP contribution is 2.19. The van der Waals surface area contributed by atoms with Crippen LogP contribution in [0.25, 0.3) is 6.08 Å². The van der Waals surface area contributed by atoms with Gasteiger partial charge >= 0.3 is 0 Å². The van der Waals surface area contributed by atoms with Gasteiger partial charge in [-0.2, -0.15) is 0 Å². The highest BCUT2D eigenvalue weighted by atomic mass is 32.1. The van der Waals surface area contributed by atoms with Gasteiger partial charge in [0.05, 0.1) is 0 Å². The number of carbonyl (C=O) groups is 1. The van der Waals surface area contributed by atoms with Crippen molar-refractivity contribution in [2.75, 3.05) is 5.32 Å². The molecule has 0 aliphatic heterocycles. The average Bonchev–Trinajstić information content (AvgIpc) is 2.86. The third kappa shape index (κ3) is 4.79. The van der Waals surface area contributed by atoms with E-state index in [1.807, 2.05) is 36.4 Å². The molecule has 2 aromatic rings. The molecular weight excluding hydrogens is 282 g/mol. The van der Waals surface area contributed by atoms with Crippen molar-refractivity contribution in [1.82, 2.24) is 10.2 Å². The molecule has 4 nitrogen and oxygen atoms in total. The van der Waals surface area contributed by atoms with Crippen LogP contribution in [0.3, 0.4) is 0 Å². The Balaban J connectivity index is 2.01. The minimum Gasteiger partial charge on any atom is -0.297 e. The third-order valence-corrected chi connectivity index (χ3v) is 3.67. The van der Waals surface area contributed by atoms with Gasteiger partial charge in [0, 0.05) is 12.0 Å². The average molecular weight is 301 g/mol. The zero-order valence-electron chi connectivity index (χ0n) is 12.5. The maximum absolute atomic E-state index is 12.1. The Hall–Kier alpha value is -2.01. The van der Waals surface area contributed by atoms with Crippen molar-refractivity contribution < 1.29 is 4.79 Å². The van der Waals surface area contributed by atoms with Crippen LogP contribution in [0.1, 0.15) is 31.3 Å². The van der Waals surface area contributed by atoms with Gasteiger partial charge in [0.1, 0.15) is 5.01 Å². The Morgan fingerprint density at radius 2 is 2.00 bits per heavy atom.